The van der Waals surface area contributed by atoms with Gasteiger partial charge in [-0.3, -0.25) is 9.59 Å². The van der Waals surface area contributed by atoms with Crippen LogP contribution in [0.5, 0.6) is 0 Å². The number of carboxylic acid groups (broad SMARTS) is 1. The van der Waals surface area contributed by atoms with Crippen LogP contribution in [0.25, 0.3) is 0 Å². The molecular weight excluding hydrogens is 254 g/mol. The van der Waals surface area contributed by atoms with Gasteiger partial charge in [0.15, 0.2) is 0 Å². The molecule has 1 N–H and O–H groups in total. The van der Waals surface area contributed by atoms with Gasteiger partial charge in [-0.1, -0.05) is 24.1 Å². The first-order valence-electron chi connectivity index (χ1n) is 6.99. The second kappa shape index (κ2) is 5.65. The quantitative estimate of drug-likeness (QED) is 0.922. The summed E-state index contributed by atoms with van der Waals surface area (Å²) in [4.78, 5) is 25.4. The first-order chi connectivity index (χ1) is 9.41. The fourth-order valence-electron chi connectivity index (χ4n) is 3.10. The predicted octanol–water partition coefficient (Wildman–Crippen LogP) is 2.77. The Morgan fingerprint density at radius 1 is 1.20 bits per heavy atom. The lowest BCUT2D eigenvalue weighted by atomic mass is 9.94. The highest BCUT2D eigenvalue weighted by Crippen LogP contribution is 2.34. The summed E-state index contributed by atoms with van der Waals surface area (Å²) in [6, 6.07) is 5.92. The molecule has 0 spiro atoms. The summed E-state index contributed by atoms with van der Waals surface area (Å²) in [5.74, 6) is -1.86. The Bertz CT molecular complexity index is 539. The molecule has 0 heterocycles. The number of carbonyl (C=O) groups is 2. The van der Waals surface area contributed by atoms with Gasteiger partial charge in [0.25, 0.3) is 0 Å². The number of carboxylic acids is 1. The van der Waals surface area contributed by atoms with Gasteiger partial charge in [0.05, 0.1) is 11.8 Å². The Morgan fingerprint density at radius 3 is 2.45 bits per heavy atom. The lowest BCUT2D eigenvalue weighted by Crippen LogP contribution is -2.37. The SMILES string of the molecule is Cc1ccc(N(C)C(=O)C2CCCC2C(=O)O)c(C)c1. The van der Waals surface area contributed by atoms with E-state index >= 15 is 0 Å². The third kappa shape index (κ3) is 2.69. The van der Waals surface area contributed by atoms with Crippen LogP contribution in [0.3, 0.4) is 0 Å². The summed E-state index contributed by atoms with van der Waals surface area (Å²) >= 11 is 0. The monoisotopic (exact) mass is 275 g/mol. The van der Waals surface area contributed by atoms with Gasteiger partial charge in [-0.15, -0.1) is 0 Å². The minimum Gasteiger partial charge on any atom is -0.481 e. The van der Waals surface area contributed by atoms with E-state index in [1.165, 1.54) is 0 Å². The smallest absolute Gasteiger partial charge is 0.307 e. The highest BCUT2D eigenvalue weighted by Gasteiger charge is 2.39. The van der Waals surface area contributed by atoms with Crippen LogP contribution in [-0.2, 0) is 9.59 Å². The molecule has 1 aromatic rings. The van der Waals surface area contributed by atoms with E-state index in [1.807, 2.05) is 32.0 Å². The van der Waals surface area contributed by atoms with Crippen molar-refractivity contribution in [3.05, 3.63) is 29.3 Å². The molecule has 0 radical (unpaired) electrons. The van der Waals surface area contributed by atoms with Gasteiger partial charge in [-0.05, 0) is 38.3 Å². The Hall–Kier alpha value is -1.84. The predicted molar refractivity (Wildman–Crippen MR) is 77.8 cm³/mol. The summed E-state index contributed by atoms with van der Waals surface area (Å²) in [7, 11) is 1.73. The maximum Gasteiger partial charge on any atom is 0.307 e. The van der Waals surface area contributed by atoms with Crippen molar-refractivity contribution >= 4 is 17.6 Å². The summed E-state index contributed by atoms with van der Waals surface area (Å²) in [5, 5.41) is 9.21. The van der Waals surface area contributed by atoms with Crippen LogP contribution in [0, 0.1) is 25.7 Å². The third-order valence-electron chi connectivity index (χ3n) is 4.19. The van der Waals surface area contributed by atoms with Crippen LogP contribution in [-0.4, -0.2) is 24.0 Å². The van der Waals surface area contributed by atoms with Crippen molar-refractivity contribution in [2.24, 2.45) is 11.8 Å². The second-order valence-corrected chi connectivity index (χ2v) is 5.67. The molecule has 2 unspecified atom stereocenters. The van der Waals surface area contributed by atoms with Crippen molar-refractivity contribution < 1.29 is 14.7 Å². The fraction of sp³-hybridized carbons (Fsp3) is 0.500. The summed E-state index contributed by atoms with van der Waals surface area (Å²) in [5.41, 5.74) is 3.04. The van der Waals surface area contributed by atoms with Crippen LogP contribution in [0.15, 0.2) is 18.2 Å². The Labute approximate surface area is 119 Å². The van der Waals surface area contributed by atoms with Crippen LogP contribution in [0.1, 0.15) is 30.4 Å². The molecule has 1 fully saturated rings. The number of aryl methyl sites for hydroxylation is 2. The average Bonchev–Trinajstić information content (AvgIpc) is 2.86. The van der Waals surface area contributed by atoms with Crippen molar-refractivity contribution in [2.45, 2.75) is 33.1 Å². The lowest BCUT2D eigenvalue weighted by molar-refractivity contribution is -0.145. The second-order valence-electron chi connectivity index (χ2n) is 5.67. The molecule has 1 aromatic carbocycles. The number of aliphatic carboxylic acids is 1. The minimum atomic E-state index is -0.852. The number of rotatable bonds is 3. The summed E-state index contributed by atoms with van der Waals surface area (Å²) < 4.78 is 0. The number of anilines is 1. The molecule has 1 amide bonds. The number of hydrogen-bond donors (Lipinski definition) is 1. The molecule has 1 aliphatic carbocycles. The van der Waals surface area contributed by atoms with E-state index in [-0.39, 0.29) is 5.91 Å². The Morgan fingerprint density at radius 2 is 1.85 bits per heavy atom. The van der Waals surface area contributed by atoms with Crippen molar-refractivity contribution in [1.29, 1.82) is 0 Å². The zero-order valence-electron chi connectivity index (χ0n) is 12.2. The van der Waals surface area contributed by atoms with Crippen molar-refractivity contribution in [1.82, 2.24) is 0 Å². The zero-order chi connectivity index (χ0) is 14.9. The number of amides is 1. The first-order valence-corrected chi connectivity index (χ1v) is 6.99. The van der Waals surface area contributed by atoms with Crippen LogP contribution < -0.4 is 4.90 Å². The molecule has 1 saturated carbocycles. The molecule has 0 aromatic heterocycles. The van der Waals surface area contributed by atoms with Crippen LogP contribution in [0.4, 0.5) is 5.69 Å². The number of benzene rings is 1. The molecule has 4 nitrogen and oxygen atoms in total. The molecule has 0 saturated heterocycles. The van der Waals surface area contributed by atoms with Crippen molar-refractivity contribution in [2.75, 3.05) is 11.9 Å². The van der Waals surface area contributed by atoms with Gasteiger partial charge in [-0.2, -0.15) is 0 Å². The maximum atomic E-state index is 12.6. The molecule has 4 heteroatoms. The van der Waals surface area contributed by atoms with E-state index in [2.05, 4.69) is 0 Å². The van der Waals surface area contributed by atoms with Gasteiger partial charge in [-0.25, -0.2) is 0 Å². The molecule has 108 valence electrons. The van der Waals surface area contributed by atoms with E-state index in [1.54, 1.807) is 11.9 Å². The highest BCUT2D eigenvalue weighted by molar-refractivity contribution is 5.97. The molecule has 2 atom stereocenters. The molecule has 0 bridgehead atoms. The average molecular weight is 275 g/mol. The standard InChI is InChI=1S/C16H21NO3/c1-10-7-8-14(11(2)9-10)17(3)15(18)12-5-4-6-13(12)16(19)20/h7-9,12-13H,4-6H2,1-3H3,(H,19,20). The molecule has 1 aliphatic rings. The highest BCUT2D eigenvalue weighted by atomic mass is 16.4. The lowest BCUT2D eigenvalue weighted by Gasteiger charge is -2.25. The van der Waals surface area contributed by atoms with E-state index in [0.29, 0.717) is 12.8 Å². The van der Waals surface area contributed by atoms with E-state index in [9.17, 15) is 14.7 Å². The van der Waals surface area contributed by atoms with Gasteiger partial charge >= 0.3 is 5.97 Å². The summed E-state index contributed by atoms with van der Waals surface area (Å²) in [6.07, 6.45) is 2.09. The number of hydrogen-bond acceptors (Lipinski definition) is 2. The fourth-order valence-corrected chi connectivity index (χ4v) is 3.10. The normalized spacial score (nSPS) is 21.8. The van der Waals surface area contributed by atoms with Gasteiger partial charge in [0.1, 0.15) is 0 Å². The minimum absolute atomic E-state index is 0.0816. The zero-order valence-corrected chi connectivity index (χ0v) is 12.2. The Kier molecular flexibility index (Phi) is 4.12. The Balaban J connectivity index is 2.22. The molecular formula is C16H21NO3. The maximum absolute atomic E-state index is 12.6. The molecule has 20 heavy (non-hydrogen) atoms. The summed E-state index contributed by atoms with van der Waals surface area (Å²) in [6.45, 7) is 3.98. The van der Waals surface area contributed by atoms with E-state index in [0.717, 1.165) is 23.2 Å². The topological polar surface area (TPSA) is 57.6 Å². The largest absolute Gasteiger partial charge is 0.481 e. The van der Waals surface area contributed by atoms with Gasteiger partial charge in [0, 0.05) is 12.7 Å². The van der Waals surface area contributed by atoms with Crippen LogP contribution in [0.2, 0.25) is 0 Å². The van der Waals surface area contributed by atoms with E-state index < -0.39 is 17.8 Å². The van der Waals surface area contributed by atoms with Gasteiger partial charge in [0.2, 0.25) is 5.91 Å². The third-order valence-corrected chi connectivity index (χ3v) is 4.19. The number of nitrogens with zero attached hydrogens (tertiary/aromatic N) is 1. The van der Waals surface area contributed by atoms with Crippen LogP contribution >= 0.6 is 0 Å². The van der Waals surface area contributed by atoms with Crippen molar-refractivity contribution in [3.8, 4) is 0 Å². The molecule has 0 aliphatic heterocycles. The van der Waals surface area contributed by atoms with Crippen molar-refractivity contribution in [3.63, 3.8) is 0 Å². The number of carbonyl (C=O) groups excluding carboxylic acids is 1. The van der Waals surface area contributed by atoms with Gasteiger partial charge < -0.3 is 10.0 Å². The first kappa shape index (κ1) is 14.6. The van der Waals surface area contributed by atoms with E-state index in [4.69, 9.17) is 0 Å². The molecule has 2 rings (SSSR count).